The van der Waals surface area contributed by atoms with Crippen LogP contribution in [0.1, 0.15) is 12.6 Å². The lowest BCUT2D eigenvalue weighted by atomic mass is 10.1. The second-order valence-corrected chi connectivity index (χ2v) is 5.98. The number of esters is 1. The predicted molar refractivity (Wildman–Crippen MR) is 94.0 cm³/mol. The van der Waals surface area contributed by atoms with Gasteiger partial charge in [0.05, 0.1) is 18.5 Å². The Morgan fingerprint density at radius 2 is 1.71 bits per heavy atom. The molecule has 0 aliphatic rings. The summed E-state index contributed by atoms with van der Waals surface area (Å²) in [6.07, 6.45) is -5.31. The van der Waals surface area contributed by atoms with E-state index in [9.17, 15) is 27.6 Å². The zero-order valence-corrected chi connectivity index (χ0v) is 15.5. The van der Waals surface area contributed by atoms with Crippen LogP contribution < -0.4 is 16.2 Å². The first-order valence-electron chi connectivity index (χ1n) is 8.02. The van der Waals surface area contributed by atoms with E-state index in [1.807, 2.05) is 5.32 Å². The van der Waals surface area contributed by atoms with Crippen LogP contribution in [0.25, 0.3) is 5.69 Å². The quantitative estimate of drug-likeness (QED) is 0.586. The molecular weight excluding hydrogens is 381 g/mol. The Kier molecular flexibility index (Phi) is 5.57. The molecule has 0 aliphatic heterocycles. The number of carbonyl (C=O) groups excluding carboxylic acids is 2. The molecule has 0 bridgehead atoms. The minimum absolute atomic E-state index is 0.108. The van der Waals surface area contributed by atoms with Gasteiger partial charge in [0, 0.05) is 14.0 Å². The predicted octanol–water partition coefficient (Wildman–Crippen LogP) is 1.46. The minimum atomic E-state index is -5.31. The maximum atomic E-state index is 13.9. The summed E-state index contributed by atoms with van der Waals surface area (Å²) in [6.45, 7) is 2.21. The van der Waals surface area contributed by atoms with Crippen molar-refractivity contribution in [2.75, 3.05) is 12.4 Å². The summed E-state index contributed by atoms with van der Waals surface area (Å²) in [4.78, 5) is 36.4. The van der Waals surface area contributed by atoms with Crippen molar-refractivity contribution in [1.82, 2.24) is 14.7 Å². The fraction of sp³-hybridized carbons (Fsp3) is 0.353. The first kappa shape index (κ1) is 21.1. The fourth-order valence-electron chi connectivity index (χ4n) is 2.71. The number of para-hydroxylation sites is 1. The lowest BCUT2D eigenvalue weighted by Gasteiger charge is -2.34. The molecule has 8 nitrogen and oxygen atoms in total. The molecule has 0 aliphatic carbocycles. The van der Waals surface area contributed by atoms with Gasteiger partial charge in [0.15, 0.2) is 0 Å². The van der Waals surface area contributed by atoms with Gasteiger partial charge >= 0.3 is 17.8 Å². The zero-order valence-electron chi connectivity index (χ0n) is 15.5. The maximum absolute atomic E-state index is 13.9. The molecule has 0 radical (unpaired) electrons. The molecule has 2 N–H and O–H groups in total. The first-order chi connectivity index (χ1) is 13.0. The molecular formula is C17H19F3N4O4. The van der Waals surface area contributed by atoms with Gasteiger partial charge in [-0.15, -0.1) is 0 Å². The van der Waals surface area contributed by atoms with E-state index in [0.717, 1.165) is 18.7 Å². The highest BCUT2D eigenvalue weighted by Crippen LogP contribution is 2.33. The summed E-state index contributed by atoms with van der Waals surface area (Å²) in [5.74, 6) is -2.96. The number of aromatic nitrogens is 2. The second-order valence-electron chi connectivity index (χ2n) is 5.98. The number of halogens is 3. The molecule has 2 rings (SSSR count). The molecule has 1 amide bonds. The van der Waals surface area contributed by atoms with Crippen molar-refractivity contribution in [2.45, 2.75) is 25.7 Å². The molecule has 0 saturated heterocycles. The summed E-state index contributed by atoms with van der Waals surface area (Å²) in [5.41, 5.74) is -4.47. The topological polar surface area (TPSA) is 94.4 Å². The van der Waals surface area contributed by atoms with Crippen LogP contribution in [0.4, 0.5) is 18.9 Å². The highest BCUT2D eigenvalue weighted by atomic mass is 19.4. The van der Waals surface area contributed by atoms with E-state index in [-0.39, 0.29) is 5.69 Å². The lowest BCUT2D eigenvalue weighted by Crippen LogP contribution is -2.69. The van der Waals surface area contributed by atoms with E-state index >= 15 is 0 Å². The SMILES string of the molecule is COC(=O)[C@](NC(C)=O)(Nc1c(C)n(C)n(-c2ccccc2)c1=O)C(F)(F)F. The molecule has 0 spiro atoms. The molecule has 0 saturated carbocycles. The van der Waals surface area contributed by atoms with Crippen LogP contribution in [0.15, 0.2) is 35.1 Å². The van der Waals surface area contributed by atoms with Gasteiger partial charge in [0.25, 0.3) is 5.56 Å². The summed E-state index contributed by atoms with van der Waals surface area (Å²) >= 11 is 0. The average molecular weight is 400 g/mol. The average Bonchev–Trinajstić information content (AvgIpc) is 2.83. The third-order valence-electron chi connectivity index (χ3n) is 4.15. The number of rotatable bonds is 5. The highest BCUT2D eigenvalue weighted by molar-refractivity contribution is 5.90. The number of nitrogens with one attached hydrogen (secondary N) is 2. The van der Waals surface area contributed by atoms with Gasteiger partial charge in [0.1, 0.15) is 5.69 Å². The number of anilines is 1. The number of carbonyl (C=O) groups is 2. The van der Waals surface area contributed by atoms with E-state index in [4.69, 9.17) is 0 Å². The van der Waals surface area contributed by atoms with Crippen LogP contribution in [0.2, 0.25) is 0 Å². The Balaban J connectivity index is 2.71. The number of ether oxygens (including phenoxy) is 1. The van der Waals surface area contributed by atoms with E-state index in [2.05, 4.69) is 4.74 Å². The highest BCUT2D eigenvalue weighted by Gasteiger charge is 2.63. The molecule has 1 aromatic carbocycles. The number of amides is 1. The molecule has 11 heteroatoms. The van der Waals surface area contributed by atoms with Gasteiger partial charge in [-0.25, -0.2) is 9.48 Å². The number of benzene rings is 1. The summed E-state index contributed by atoms with van der Waals surface area (Å²) < 4.78 is 48.3. The Morgan fingerprint density at radius 3 is 2.18 bits per heavy atom. The standard InChI is InChI=1S/C17H19F3N4O4/c1-10-13(14(26)24(23(10)3)12-8-6-5-7-9-12)22-16(15(27)28-4,17(18,19)20)21-11(2)25/h5-9,22H,1-4H3,(H,21,25)/t16-/m0/s1. The van der Waals surface area contributed by atoms with Crippen LogP contribution in [0.5, 0.6) is 0 Å². The Hall–Kier alpha value is -3.24. The van der Waals surface area contributed by atoms with Crippen molar-refractivity contribution in [3.8, 4) is 5.69 Å². The van der Waals surface area contributed by atoms with Crippen LogP contribution in [0, 0.1) is 6.92 Å². The Labute approximate surface area is 157 Å². The van der Waals surface area contributed by atoms with Crippen molar-refractivity contribution in [3.63, 3.8) is 0 Å². The lowest BCUT2D eigenvalue weighted by molar-refractivity contribution is -0.206. The maximum Gasteiger partial charge on any atom is 0.441 e. The van der Waals surface area contributed by atoms with Gasteiger partial charge in [-0.3, -0.25) is 14.3 Å². The fourth-order valence-corrected chi connectivity index (χ4v) is 2.71. The van der Waals surface area contributed by atoms with E-state index < -0.39 is 35.0 Å². The van der Waals surface area contributed by atoms with Crippen LogP contribution in [-0.4, -0.2) is 40.2 Å². The van der Waals surface area contributed by atoms with E-state index in [1.165, 1.54) is 18.7 Å². The normalized spacial score (nSPS) is 13.5. The third kappa shape index (κ3) is 3.47. The first-order valence-corrected chi connectivity index (χ1v) is 8.02. The number of hydrogen-bond acceptors (Lipinski definition) is 5. The van der Waals surface area contributed by atoms with Crippen LogP contribution >= 0.6 is 0 Å². The Morgan fingerprint density at radius 1 is 1.14 bits per heavy atom. The molecule has 1 atom stereocenters. The van der Waals surface area contributed by atoms with Gasteiger partial charge < -0.3 is 15.4 Å². The van der Waals surface area contributed by atoms with Crippen LogP contribution in [-0.2, 0) is 21.4 Å². The van der Waals surface area contributed by atoms with Crippen molar-refractivity contribution in [3.05, 3.63) is 46.4 Å². The van der Waals surface area contributed by atoms with E-state index in [0.29, 0.717) is 5.69 Å². The van der Waals surface area contributed by atoms with Crippen LogP contribution in [0.3, 0.4) is 0 Å². The number of hydrogen-bond donors (Lipinski definition) is 2. The number of alkyl halides is 3. The molecule has 152 valence electrons. The van der Waals surface area contributed by atoms with Crippen molar-refractivity contribution in [2.24, 2.45) is 7.05 Å². The molecule has 1 aromatic heterocycles. The van der Waals surface area contributed by atoms with Gasteiger partial charge in [-0.2, -0.15) is 13.2 Å². The smallest absolute Gasteiger partial charge is 0.441 e. The molecule has 0 unspecified atom stereocenters. The van der Waals surface area contributed by atoms with Gasteiger partial charge in [-0.1, -0.05) is 18.2 Å². The zero-order chi connectivity index (χ0) is 21.3. The van der Waals surface area contributed by atoms with Crippen molar-refractivity contribution in [1.29, 1.82) is 0 Å². The van der Waals surface area contributed by atoms with Crippen molar-refractivity contribution < 1.29 is 27.5 Å². The molecule has 1 heterocycles. The number of methoxy groups -OCH3 is 1. The van der Waals surface area contributed by atoms with Gasteiger partial charge in [0.2, 0.25) is 5.91 Å². The summed E-state index contributed by atoms with van der Waals surface area (Å²) in [7, 11) is 2.22. The summed E-state index contributed by atoms with van der Waals surface area (Å²) in [6, 6.07) is 8.21. The monoisotopic (exact) mass is 400 g/mol. The molecule has 0 fully saturated rings. The van der Waals surface area contributed by atoms with E-state index in [1.54, 1.807) is 35.6 Å². The molecule has 2 aromatic rings. The van der Waals surface area contributed by atoms with Crippen molar-refractivity contribution >= 4 is 17.6 Å². The second kappa shape index (κ2) is 7.41. The Bertz CT molecular complexity index is 950. The largest absolute Gasteiger partial charge is 0.466 e. The minimum Gasteiger partial charge on any atom is -0.466 e. The number of nitrogens with zero attached hydrogens (tertiary/aromatic N) is 2. The van der Waals surface area contributed by atoms with Gasteiger partial charge in [-0.05, 0) is 19.1 Å². The third-order valence-corrected chi connectivity index (χ3v) is 4.15. The molecule has 28 heavy (non-hydrogen) atoms. The summed E-state index contributed by atoms with van der Waals surface area (Å²) in [5, 5.41) is 3.44.